The summed E-state index contributed by atoms with van der Waals surface area (Å²) < 4.78 is 11.2. The van der Waals surface area contributed by atoms with E-state index in [4.69, 9.17) is 9.47 Å². The van der Waals surface area contributed by atoms with Gasteiger partial charge >= 0.3 is 6.09 Å². The van der Waals surface area contributed by atoms with Crippen LogP contribution >= 0.6 is 0 Å². The number of pyridine rings is 2. The van der Waals surface area contributed by atoms with Crippen LogP contribution in [-0.2, 0) is 11.3 Å². The Kier molecular flexibility index (Phi) is 7.47. The predicted octanol–water partition coefficient (Wildman–Crippen LogP) is 4.97. The van der Waals surface area contributed by atoms with Gasteiger partial charge in [0.2, 0.25) is 5.88 Å². The highest BCUT2D eigenvalue weighted by atomic mass is 16.6. The van der Waals surface area contributed by atoms with Crippen molar-refractivity contribution in [2.24, 2.45) is 5.92 Å². The minimum Gasteiger partial charge on any atom is -0.477 e. The van der Waals surface area contributed by atoms with E-state index in [9.17, 15) is 4.79 Å². The summed E-state index contributed by atoms with van der Waals surface area (Å²) in [4.78, 5) is 20.9. The van der Waals surface area contributed by atoms with Crippen LogP contribution in [0.1, 0.15) is 39.2 Å². The fourth-order valence-corrected chi connectivity index (χ4v) is 3.84. The Balaban J connectivity index is 1.33. The number of rotatable bonds is 7. The van der Waals surface area contributed by atoms with Crippen molar-refractivity contribution in [3.63, 3.8) is 0 Å². The van der Waals surface area contributed by atoms with Crippen LogP contribution in [0.4, 0.5) is 16.3 Å². The zero-order valence-corrected chi connectivity index (χ0v) is 20.1. The zero-order valence-electron chi connectivity index (χ0n) is 20.1. The zero-order chi connectivity index (χ0) is 24.0. The van der Waals surface area contributed by atoms with E-state index in [0.717, 1.165) is 54.6 Å². The van der Waals surface area contributed by atoms with Crippen molar-refractivity contribution in [3.05, 3.63) is 54.4 Å². The van der Waals surface area contributed by atoms with Gasteiger partial charge in [0.15, 0.2) is 0 Å². The number of benzene rings is 1. The van der Waals surface area contributed by atoms with Crippen molar-refractivity contribution < 1.29 is 14.3 Å². The lowest BCUT2D eigenvalue weighted by Crippen LogP contribution is -2.30. The molecule has 0 saturated carbocycles. The number of ether oxygens (including phenoxy) is 2. The molecule has 4 rings (SSSR count). The van der Waals surface area contributed by atoms with Gasteiger partial charge < -0.3 is 20.1 Å². The first-order chi connectivity index (χ1) is 16.4. The van der Waals surface area contributed by atoms with Crippen LogP contribution in [0, 0.1) is 5.92 Å². The predicted molar refractivity (Wildman–Crippen MR) is 134 cm³/mol. The molecule has 2 aromatic heterocycles. The summed E-state index contributed by atoms with van der Waals surface area (Å²) in [5.74, 6) is 1.75. The molecule has 1 fully saturated rings. The van der Waals surface area contributed by atoms with Crippen LogP contribution < -0.4 is 20.7 Å². The highest BCUT2D eigenvalue weighted by molar-refractivity contribution is 5.99. The monoisotopic (exact) mass is 463 g/mol. The summed E-state index contributed by atoms with van der Waals surface area (Å²) in [5.41, 5.74) is 1.46. The molecule has 0 spiro atoms. The largest absolute Gasteiger partial charge is 0.477 e. The van der Waals surface area contributed by atoms with Crippen molar-refractivity contribution >= 4 is 28.4 Å². The molecular formula is C26H33N5O3. The number of hydrogen-bond acceptors (Lipinski definition) is 7. The molecule has 0 aliphatic carbocycles. The summed E-state index contributed by atoms with van der Waals surface area (Å²) in [5, 5.41) is 11.3. The SMILES string of the molecule is CC(C)(C)OC(=O)Nc1nccc2cc(NCc3ccc(OCC4CCNCC4)nc3)ccc12. The van der Waals surface area contributed by atoms with Gasteiger partial charge in [-0.3, -0.25) is 5.32 Å². The Hall–Kier alpha value is -3.39. The summed E-state index contributed by atoms with van der Waals surface area (Å²) in [6.07, 6.45) is 5.31. The van der Waals surface area contributed by atoms with Gasteiger partial charge in [0, 0.05) is 36.1 Å². The molecule has 0 atom stereocenters. The van der Waals surface area contributed by atoms with Gasteiger partial charge in [0.05, 0.1) is 6.61 Å². The number of carbonyl (C=O) groups is 1. The summed E-state index contributed by atoms with van der Waals surface area (Å²) in [6, 6.07) is 11.8. The molecule has 34 heavy (non-hydrogen) atoms. The van der Waals surface area contributed by atoms with E-state index < -0.39 is 11.7 Å². The van der Waals surface area contributed by atoms with E-state index in [1.807, 2.05) is 63.4 Å². The summed E-state index contributed by atoms with van der Waals surface area (Å²) in [7, 11) is 0. The Morgan fingerprint density at radius 1 is 1.12 bits per heavy atom. The van der Waals surface area contributed by atoms with Crippen LogP contribution in [0.25, 0.3) is 10.8 Å². The summed E-state index contributed by atoms with van der Waals surface area (Å²) >= 11 is 0. The normalized spacial score (nSPS) is 14.6. The van der Waals surface area contributed by atoms with Gasteiger partial charge in [-0.25, -0.2) is 14.8 Å². The second-order valence-corrected chi connectivity index (χ2v) is 9.58. The smallest absolute Gasteiger partial charge is 0.413 e. The number of fused-ring (bicyclic) bond motifs is 1. The minimum absolute atomic E-state index is 0.475. The number of anilines is 2. The van der Waals surface area contributed by atoms with E-state index in [2.05, 4.69) is 25.9 Å². The van der Waals surface area contributed by atoms with E-state index in [0.29, 0.717) is 24.2 Å². The van der Waals surface area contributed by atoms with Crippen molar-refractivity contribution in [1.82, 2.24) is 15.3 Å². The van der Waals surface area contributed by atoms with Gasteiger partial charge in [-0.05, 0) is 87.8 Å². The van der Waals surface area contributed by atoms with Gasteiger partial charge in [-0.15, -0.1) is 0 Å². The fourth-order valence-electron chi connectivity index (χ4n) is 3.84. The molecule has 0 radical (unpaired) electrons. The lowest BCUT2D eigenvalue weighted by molar-refractivity contribution is 0.0635. The highest BCUT2D eigenvalue weighted by Gasteiger charge is 2.17. The number of aromatic nitrogens is 2. The number of piperidine rings is 1. The Labute approximate surface area is 200 Å². The fraction of sp³-hybridized carbons (Fsp3) is 0.423. The Morgan fingerprint density at radius 3 is 2.68 bits per heavy atom. The molecule has 8 nitrogen and oxygen atoms in total. The third-order valence-corrected chi connectivity index (χ3v) is 5.60. The molecule has 1 aliphatic rings. The molecule has 3 heterocycles. The first-order valence-corrected chi connectivity index (χ1v) is 11.8. The van der Waals surface area contributed by atoms with Gasteiger partial charge in [0.1, 0.15) is 11.4 Å². The van der Waals surface area contributed by atoms with Crippen LogP contribution in [0.15, 0.2) is 48.8 Å². The third kappa shape index (κ3) is 6.81. The van der Waals surface area contributed by atoms with E-state index >= 15 is 0 Å². The molecule has 1 aromatic carbocycles. The standard InChI is InChI=1S/C26H33N5O3/c1-26(2,3)34-25(32)31-24-22-6-5-21(14-20(22)10-13-28-24)29-15-19-4-7-23(30-16-19)33-17-18-8-11-27-12-9-18/h4-7,10,13-14,16,18,27,29H,8-9,11-12,15,17H2,1-3H3,(H,28,31,32). The number of hydrogen-bond donors (Lipinski definition) is 3. The molecule has 0 unspecified atom stereocenters. The van der Waals surface area contributed by atoms with E-state index in [1.54, 1.807) is 6.20 Å². The van der Waals surface area contributed by atoms with Crippen LogP contribution in [0.3, 0.4) is 0 Å². The van der Waals surface area contributed by atoms with Crippen LogP contribution in [0.2, 0.25) is 0 Å². The lowest BCUT2D eigenvalue weighted by atomic mass is 9.99. The van der Waals surface area contributed by atoms with Gasteiger partial charge in [0.25, 0.3) is 0 Å². The number of nitrogens with one attached hydrogen (secondary N) is 3. The van der Waals surface area contributed by atoms with Crippen molar-refractivity contribution in [1.29, 1.82) is 0 Å². The molecule has 8 heteroatoms. The second kappa shape index (κ2) is 10.7. The maximum atomic E-state index is 12.1. The van der Waals surface area contributed by atoms with E-state index in [-0.39, 0.29) is 0 Å². The van der Waals surface area contributed by atoms with Crippen LogP contribution in [-0.4, -0.2) is 41.4 Å². The molecular weight excluding hydrogens is 430 g/mol. The first-order valence-electron chi connectivity index (χ1n) is 11.8. The summed E-state index contributed by atoms with van der Waals surface area (Å²) in [6.45, 7) is 8.98. The molecule has 1 amide bonds. The third-order valence-electron chi connectivity index (χ3n) is 5.60. The topological polar surface area (TPSA) is 97.4 Å². The first kappa shape index (κ1) is 23.8. The molecule has 3 N–H and O–H groups in total. The van der Waals surface area contributed by atoms with Crippen LogP contribution in [0.5, 0.6) is 5.88 Å². The average molecular weight is 464 g/mol. The minimum atomic E-state index is -0.571. The number of carbonyl (C=O) groups excluding carboxylic acids is 1. The Morgan fingerprint density at radius 2 is 1.94 bits per heavy atom. The highest BCUT2D eigenvalue weighted by Crippen LogP contribution is 2.25. The average Bonchev–Trinajstić information content (AvgIpc) is 2.81. The van der Waals surface area contributed by atoms with Gasteiger partial charge in [-0.2, -0.15) is 0 Å². The molecule has 1 saturated heterocycles. The van der Waals surface area contributed by atoms with Gasteiger partial charge in [-0.1, -0.05) is 6.07 Å². The number of nitrogens with zero attached hydrogens (tertiary/aromatic N) is 2. The van der Waals surface area contributed by atoms with Crippen molar-refractivity contribution in [2.45, 2.75) is 45.8 Å². The maximum absolute atomic E-state index is 12.1. The number of amides is 1. The molecule has 180 valence electrons. The second-order valence-electron chi connectivity index (χ2n) is 9.58. The molecule has 1 aliphatic heterocycles. The van der Waals surface area contributed by atoms with E-state index in [1.165, 1.54) is 0 Å². The van der Waals surface area contributed by atoms with Crippen molar-refractivity contribution in [3.8, 4) is 5.88 Å². The Bertz CT molecular complexity index is 1110. The quantitative estimate of drug-likeness (QED) is 0.455. The maximum Gasteiger partial charge on any atom is 0.413 e. The molecule has 0 bridgehead atoms. The molecule has 3 aromatic rings. The lowest BCUT2D eigenvalue weighted by Gasteiger charge is -2.22. The van der Waals surface area contributed by atoms with Crippen molar-refractivity contribution in [2.75, 3.05) is 30.3 Å².